The monoisotopic (exact) mass is 457 g/mol. The maximum Gasteiger partial charge on any atom is 0.242 e. The number of carbonyl (C=O) groups excluding carboxylic acids is 1. The molecule has 1 fully saturated rings. The molecule has 6 heteroatoms. The first kappa shape index (κ1) is 20.8. The van der Waals surface area contributed by atoms with Crippen LogP contribution < -0.4 is 0 Å². The Kier molecular flexibility index (Phi) is 7.45. The van der Waals surface area contributed by atoms with Gasteiger partial charge < -0.3 is 0 Å². The summed E-state index contributed by atoms with van der Waals surface area (Å²) in [5.41, 5.74) is 3.28. The van der Waals surface area contributed by atoms with Gasteiger partial charge in [-0.1, -0.05) is 83.9 Å². The molecule has 1 saturated heterocycles. The van der Waals surface area contributed by atoms with E-state index in [9.17, 15) is 4.79 Å². The van der Waals surface area contributed by atoms with E-state index in [-0.39, 0.29) is 11.2 Å². The molecule has 2 aromatic carbocycles. The summed E-state index contributed by atoms with van der Waals surface area (Å²) in [4.78, 5) is 14.8. The van der Waals surface area contributed by atoms with Gasteiger partial charge in [0.05, 0.1) is 18.0 Å². The summed E-state index contributed by atoms with van der Waals surface area (Å²) in [6.07, 6.45) is 4.71. The molecule has 1 aliphatic heterocycles. The number of aryl methyl sites for hydroxylation is 1. The van der Waals surface area contributed by atoms with Gasteiger partial charge in [-0.3, -0.25) is 9.69 Å². The highest BCUT2D eigenvalue weighted by Gasteiger charge is 2.37. The van der Waals surface area contributed by atoms with Crippen molar-refractivity contribution >= 4 is 45.0 Å². The second kappa shape index (κ2) is 10.0. The Bertz CT molecular complexity index is 880. The highest BCUT2D eigenvalue weighted by atomic mass is 79.9. The number of hydrogen-bond acceptors (Lipinski definition) is 4. The largest absolute Gasteiger partial charge is 0.284 e. The molecule has 1 amide bonds. The average molecular weight is 458 g/mol. The topological polar surface area (TPSA) is 45.0 Å². The van der Waals surface area contributed by atoms with Gasteiger partial charge in [-0.15, -0.1) is 5.10 Å². The summed E-state index contributed by atoms with van der Waals surface area (Å²) in [5.74, 6) is 0.138. The highest BCUT2D eigenvalue weighted by Crippen LogP contribution is 2.32. The first-order valence-corrected chi connectivity index (χ1v) is 11.1. The lowest BCUT2D eigenvalue weighted by molar-refractivity contribution is -0.126. The molecule has 2 aromatic rings. The van der Waals surface area contributed by atoms with Gasteiger partial charge in [0, 0.05) is 4.47 Å². The van der Waals surface area contributed by atoms with Crippen molar-refractivity contribution in [3.8, 4) is 0 Å². The lowest BCUT2D eigenvalue weighted by Crippen LogP contribution is -2.31. The second-order valence-electron chi connectivity index (χ2n) is 6.78. The summed E-state index contributed by atoms with van der Waals surface area (Å²) in [5, 5.41) is 9.27. The number of hydrogen-bond donors (Lipinski definition) is 0. The number of rotatable bonds is 7. The Morgan fingerprint density at radius 2 is 1.93 bits per heavy atom. The second-order valence-corrected chi connectivity index (χ2v) is 8.86. The molecule has 0 aromatic heterocycles. The number of halogens is 1. The SMILES string of the molecule is CCCC[C@@H]1S/C(=N/N=C\c2ccc(Br)cc2)N(Cc2ccccc2C)C1=O. The zero-order valence-electron chi connectivity index (χ0n) is 16.1. The van der Waals surface area contributed by atoms with Gasteiger partial charge in [-0.2, -0.15) is 5.10 Å². The smallest absolute Gasteiger partial charge is 0.242 e. The number of amidine groups is 1. The summed E-state index contributed by atoms with van der Waals surface area (Å²) < 4.78 is 1.02. The molecule has 3 rings (SSSR count). The van der Waals surface area contributed by atoms with Crippen molar-refractivity contribution in [2.75, 3.05) is 0 Å². The van der Waals surface area contributed by atoms with E-state index in [1.807, 2.05) is 36.4 Å². The van der Waals surface area contributed by atoms with Crippen LogP contribution in [0, 0.1) is 6.92 Å². The van der Waals surface area contributed by atoms with Crippen molar-refractivity contribution < 1.29 is 4.79 Å². The molecule has 1 atom stereocenters. The first-order chi connectivity index (χ1) is 13.6. The van der Waals surface area contributed by atoms with Crippen LogP contribution in [-0.4, -0.2) is 27.4 Å². The molecule has 146 valence electrons. The van der Waals surface area contributed by atoms with Crippen molar-refractivity contribution in [2.45, 2.75) is 44.9 Å². The number of unbranched alkanes of at least 4 members (excludes halogenated alkanes) is 1. The molecule has 28 heavy (non-hydrogen) atoms. The lowest BCUT2D eigenvalue weighted by atomic mass is 10.1. The standard InChI is InChI=1S/C22H24BrN3OS/c1-3-4-9-20-21(27)26(15-18-8-6-5-7-16(18)2)22(28-20)25-24-14-17-10-12-19(23)13-11-17/h5-8,10-14,20H,3-4,9,15H2,1-2H3/b24-14-,25-22+/t20-/m0/s1. The van der Waals surface area contributed by atoms with Crippen molar-refractivity contribution in [2.24, 2.45) is 10.2 Å². The van der Waals surface area contributed by atoms with E-state index in [4.69, 9.17) is 0 Å². The van der Waals surface area contributed by atoms with Crippen LogP contribution in [0.3, 0.4) is 0 Å². The van der Waals surface area contributed by atoms with Crippen LogP contribution in [0.4, 0.5) is 0 Å². The molecule has 0 bridgehead atoms. The fourth-order valence-electron chi connectivity index (χ4n) is 2.96. The fraction of sp³-hybridized carbons (Fsp3) is 0.318. The van der Waals surface area contributed by atoms with Crippen molar-refractivity contribution in [1.82, 2.24) is 4.90 Å². The lowest BCUT2D eigenvalue weighted by Gasteiger charge is -2.17. The molecule has 1 aliphatic rings. The van der Waals surface area contributed by atoms with Gasteiger partial charge in [-0.25, -0.2) is 0 Å². The Hall–Kier alpha value is -1.92. The third-order valence-corrected chi connectivity index (χ3v) is 6.41. The Labute approximate surface area is 179 Å². The molecule has 0 spiro atoms. The van der Waals surface area contributed by atoms with Crippen LogP contribution in [0.5, 0.6) is 0 Å². The number of carbonyl (C=O) groups is 1. The summed E-state index contributed by atoms with van der Waals surface area (Å²) >= 11 is 4.96. The quantitative estimate of drug-likeness (QED) is 0.390. The number of amides is 1. The molecule has 1 heterocycles. The fourth-order valence-corrected chi connectivity index (χ4v) is 4.36. The summed E-state index contributed by atoms with van der Waals surface area (Å²) in [7, 11) is 0. The van der Waals surface area contributed by atoms with Gasteiger partial charge in [0.15, 0.2) is 5.17 Å². The predicted molar refractivity (Wildman–Crippen MR) is 122 cm³/mol. The maximum atomic E-state index is 13.0. The van der Waals surface area contributed by atoms with Crippen LogP contribution in [0.2, 0.25) is 0 Å². The maximum absolute atomic E-state index is 13.0. The van der Waals surface area contributed by atoms with E-state index in [0.717, 1.165) is 34.9 Å². The third-order valence-electron chi connectivity index (χ3n) is 4.65. The minimum atomic E-state index is -0.0643. The van der Waals surface area contributed by atoms with Crippen LogP contribution in [0.1, 0.15) is 42.9 Å². The first-order valence-electron chi connectivity index (χ1n) is 9.47. The van der Waals surface area contributed by atoms with Gasteiger partial charge in [0.2, 0.25) is 5.91 Å². The number of thioether (sulfide) groups is 1. The molecule has 0 radical (unpaired) electrons. The zero-order chi connectivity index (χ0) is 19.9. The van der Waals surface area contributed by atoms with E-state index >= 15 is 0 Å². The molecule has 0 N–H and O–H groups in total. The van der Waals surface area contributed by atoms with Crippen molar-refractivity contribution in [3.05, 3.63) is 69.7 Å². The Morgan fingerprint density at radius 1 is 1.18 bits per heavy atom. The van der Waals surface area contributed by atoms with E-state index < -0.39 is 0 Å². The number of benzene rings is 2. The average Bonchev–Trinajstić information content (AvgIpc) is 2.98. The van der Waals surface area contributed by atoms with Gasteiger partial charge in [0.1, 0.15) is 0 Å². The van der Waals surface area contributed by atoms with Crippen LogP contribution in [0.15, 0.2) is 63.2 Å². The molecule has 0 unspecified atom stereocenters. The molecule has 4 nitrogen and oxygen atoms in total. The normalized spacial score (nSPS) is 18.5. The molecule has 0 saturated carbocycles. The van der Waals surface area contributed by atoms with E-state index in [1.54, 1.807) is 11.1 Å². The Morgan fingerprint density at radius 3 is 2.64 bits per heavy atom. The zero-order valence-corrected chi connectivity index (χ0v) is 18.5. The minimum absolute atomic E-state index is 0.0643. The van der Waals surface area contributed by atoms with Crippen LogP contribution >= 0.6 is 27.7 Å². The van der Waals surface area contributed by atoms with Gasteiger partial charge in [-0.05, 0) is 42.2 Å². The van der Waals surface area contributed by atoms with Crippen LogP contribution in [0.25, 0.3) is 0 Å². The third kappa shape index (κ3) is 5.32. The van der Waals surface area contributed by atoms with Gasteiger partial charge >= 0.3 is 0 Å². The highest BCUT2D eigenvalue weighted by molar-refractivity contribution is 9.10. The van der Waals surface area contributed by atoms with Crippen molar-refractivity contribution in [3.63, 3.8) is 0 Å². The minimum Gasteiger partial charge on any atom is -0.284 e. The molecular formula is C22H24BrN3OS. The summed E-state index contributed by atoms with van der Waals surface area (Å²) in [6, 6.07) is 16.0. The molecule has 0 aliphatic carbocycles. The van der Waals surface area contributed by atoms with Gasteiger partial charge in [0.25, 0.3) is 0 Å². The van der Waals surface area contributed by atoms with Crippen molar-refractivity contribution in [1.29, 1.82) is 0 Å². The number of nitrogens with zero attached hydrogens (tertiary/aromatic N) is 3. The predicted octanol–water partition coefficient (Wildman–Crippen LogP) is 5.78. The summed E-state index contributed by atoms with van der Waals surface area (Å²) in [6.45, 7) is 4.75. The van der Waals surface area contributed by atoms with E-state index in [0.29, 0.717) is 11.7 Å². The van der Waals surface area contributed by atoms with E-state index in [2.05, 4.69) is 52.1 Å². The Balaban J connectivity index is 1.81. The van der Waals surface area contributed by atoms with E-state index in [1.165, 1.54) is 17.3 Å². The van der Waals surface area contributed by atoms with Crippen LogP contribution in [-0.2, 0) is 11.3 Å². The molecular weight excluding hydrogens is 434 g/mol.